The number of amides is 2. The fourth-order valence-electron chi connectivity index (χ4n) is 1.93. The van der Waals surface area contributed by atoms with Crippen LogP contribution in [-0.4, -0.2) is 35.2 Å². The molecule has 0 bridgehead atoms. The van der Waals surface area contributed by atoms with Crippen LogP contribution in [0.2, 0.25) is 10.0 Å². The van der Waals surface area contributed by atoms with Crippen LogP contribution >= 0.6 is 46.7 Å². The van der Waals surface area contributed by atoms with Gasteiger partial charge in [0, 0.05) is 32.9 Å². The van der Waals surface area contributed by atoms with Crippen LogP contribution in [0.25, 0.3) is 0 Å². The minimum absolute atomic E-state index is 0.170. The third-order valence-electron chi connectivity index (χ3n) is 3.06. The highest BCUT2D eigenvalue weighted by Gasteiger charge is 2.05. The number of thioether (sulfide) groups is 2. The van der Waals surface area contributed by atoms with Crippen molar-refractivity contribution in [1.82, 2.24) is 0 Å². The zero-order chi connectivity index (χ0) is 19.5. The summed E-state index contributed by atoms with van der Waals surface area (Å²) in [5.41, 5.74) is 1.31. The fourth-order valence-corrected chi connectivity index (χ4v) is 3.46. The van der Waals surface area contributed by atoms with Gasteiger partial charge in [-0.3, -0.25) is 9.59 Å². The first kappa shape index (κ1) is 21.9. The second-order valence-electron chi connectivity index (χ2n) is 5.15. The molecule has 0 saturated heterocycles. The second kappa shape index (κ2) is 12.2. The molecule has 2 N–H and O–H groups in total. The topological polar surface area (TPSA) is 67.4 Å². The molecule has 0 saturated carbocycles. The van der Waals surface area contributed by atoms with Crippen molar-refractivity contribution in [3.63, 3.8) is 0 Å². The normalized spacial score (nSPS) is 10.4. The molecule has 2 amide bonds. The van der Waals surface area contributed by atoms with Gasteiger partial charge >= 0.3 is 0 Å². The van der Waals surface area contributed by atoms with Crippen molar-refractivity contribution in [2.24, 2.45) is 0 Å². The molecule has 0 unspecified atom stereocenters. The van der Waals surface area contributed by atoms with Crippen molar-refractivity contribution < 1.29 is 14.3 Å². The van der Waals surface area contributed by atoms with Crippen LogP contribution in [0.15, 0.2) is 48.5 Å². The number of carbonyl (C=O) groups excluding carboxylic acids is 2. The van der Waals surface area contributed by atoms with E-state index < -0.39 is 0 Å². The molecule has 0 atom stereocenters. The lowest BCUT2D eigenvalue weighted by Crippen LogP contribution is -2.10. The van der Waals surface area contributed by atoms with E-state index in [-0.39, 0.29) is 10.5 Å². The van der Waals surface area contributed by atoms with E-state index in [0.717, 1.165) is 23.5 Å². The lowest BCUT2D eigenvalue weighted by Gasteiger charge is -2.07. The molecule has 0 fully saturated rings. The number of nitrogens with one attached hydrogen (secondary N) is 2. The molecular weight excluding hydrogens is 427 g/mol. The Kier molecular flexibility index (Phi) is 9.86. The minimum Gasteiger partial charge on any atom is -0.380 e. The van der Waals surface area contributed by atoms with Crippen molar-refractivity contribution in [3.8, 4) is 0 Å². The molecule has 0 radical (unpaired) electrons. The molecule has 2 aromatic carbocycles. The Balaban J connectivity index is 1.50. The van der Waals surface area contributed by atoms with E-state index in [1.807, 2.05) is 0 Å². The lowest BCUT2D eigenvalue weighted by atomic mass is 10.3. The van der Waals surface area contributed by atoms with Gasteiger partial charge in [-0.1, -0.05) is 58.9 Å². The van der Waals surface area contributed by atoms with Crippen molar-refractivity contribution >= 4 is 68.6 Å². The van der Waals surface area contributed by atoms with Crippen LogP contribution in [0.1, 0.15) is 0 Å². The summed E-state index contributed by atoms with van der Waals surface area (Å²) < 4.78 is 5.43. The minimum atomic E-state index is -0.170. The van der Waals surface area contributed by atoms with Crippen LogP contribution in [0.4, 0.5) is 21.0 Å². The average molecular weight is 445 g/mol. The molecule has 0 aliphatic rings. The van der Waals surface area contributed by atoms with E-state index >= 15 is 0 Å². The fraction of sp³-hybridized carbons (Fsp3) is 0.222. The van der Waals surface area contributed by atoms with Gasteiger partial charge < -0.3 is 15.4 Å². The number of hydrogen-bond donors (Lipinski definition) is 2. The summed E-state index contributed by atoms with van der Waals surface area (Å²) in [6.45, 7) is 0.841. The first-order chi connectivity index (χ1) is 13.0. The van der Waals surface area contributed by atoms with Crippen molar-refractivity contribution in [2.45, 2.75) is 0 Å². The molecule has 9 heteroatoms. The largest absolute Gasteiger partial charge is 0.380 e. The maximum absolute atomic E-state index is 11.8. The van der Waals surface area contributed by atoms with Crippen LogP contribution < -0.4 is 10.6 Å². The number of rotatable bonds is 8. The van der Waals surface area contributed by atoms with Gasteiger partial charge in [0.2, 0.25) is 0 Å². The Bertz CT molecular complexity index is 714. The van der Waals surface area contributed by atoms with Crippen molar-refractivity contribution in [1.29, 1.82) is 0 Å². The predicted octanol–water partition coefficient (Wildman–Crippen LogP) is 6.24. The van der Waals surface area contributed by atoms with Crippen molar-refractivity contribution in [3.05, 3.63) is 58.6 Å². The van der Waals surface area contributed by atoms with Crippen LogP contribution in [0.3, 0.4) is 0 Å². The van der Waals surface area contributed by atoms with Gasteiger partial charge in [0.05, 0.1) is 13.2 Å². The highest BCUT2D eigenvalue weighted by Crippen LogP contribution is 2.18. The molecule has 0 heterocycles. The third kappa shape index (κ3) is 9.39. The van der Waals surface area contributed by atoms with Gasteiger partial charge in [-0.15, -0.1) is 0 Å². The molecule has 0 spiro atoms. The molecule has 27 heavy (non-hydrogen) atoms. The number of carbonyl (C=O) groups is 2. The molecule has 2 rings (SSSR count). The maximum Gasteiger partial charge on any atom is 0.283 e. The lowest BCUT2D eigenvalue weighted by molar-refractivity contribution is 0.167. The molecule has 2 aromatic rings. The summed E-state index contributed by atoms with van der Waals surface area (Å²) in [4.78, 5) is 23.6. The Hall–Kier alpha value is -1.38. The highest BCUT2D eigenvalue weighted by atomic mass is 35.5. The van der Waals surface area contributed by atoms with Gasteiger partial charge in [-0.25, -0.2) is 0 Å². The molecule has 144 valence electrons. The molecule has 0 aliphatic heterocycles. The number of anilines is 2. The van der Waals surface area contributed by atoms with Gasteiger partial charge in [0.15, 0.2) is 0 Å². The quantitative estimate of drug-likeness (QED) is 0.471. The Morgan fingerprint density at radius 1 is 0.815 bits per heavy atom. The van der Waals surface area contributed by atoms with Gasteiger partial charge in [0.1, 0.15) is 0 Å². The third-order valence-corrected chi connectivity index (χ3v) is 5.00. The first-order valence-electron chi connectivity index (χ1n) is 7.99. The van der Waals surface area contributed by atoms with Gasteiger partial charge in [-0.2, -0.15) is 0 Å². The number of ether oxygens (including phenoxy) is 1. The number of benzene rings is 2. The Morgan fingerprint density at radius 3 is 1.67 bits per heavy atom. The van der Waals surface area contributed by atoms with Crippen LogP contribution in [0.5, 0.6) is 0 Å². The smallest absolute Gasteiger partial charge is 0.283 e. The molecule has 0 aliphatic carbocycles. The van der Waals surface area contributed by atoms with E-state index in [9.17, 15) is 9.59 Å². The average Bonchev–Trinajstić information content (AvgIpc) is 2.61. The molecular formula is C18H18Cl2N2O3S2. The highest BCUT2D eigenvalue weighted by molar-refractivity contribution is 8.14. The van der Waals surface area contributed by atoms with E-state index in [0.29, 0.717) is 46.1 Å². The van der Waals surface area contributed by atoms with Gasteiger partial charge in [0.25, 0.3) is 10.5 Å². The van der Waals surface area contributed by atoms with Gasteiger partial charge in [-0.05, 0) is 36.4 Å². The molecule has 5 nitrogen and oxygen atoms in total. The Morgan fingerprint density at radius 2 is 1.26 bits per heavy atom. The number of halogens is 2. The van der Waals surface area contributed by atoms with Crippen molar-refractivity contribution in [2.75, 3.05) is 35.4 Å². The summed E-state index contributed by atoms with van der Waals surface area (Å²) in [7, 11) is 0. The summed E-state index contributed by atoms with van der Waals surface area (Å²) in [5, 5.41) is 6.28. The van der Waals surface area contributed by atoms with E-state index in [2.05, 4.69) is 10.6 Å². The first-order valence-corrected chi connectivity index (χ1v) is 10.7. The van der Waals surface area contributed by atoms with E-state index in [4.69, 9.17) is 27.9 Å². The number of hydrogen-bond acceptors (Lipinski definition) is 5. The summed E-state index contributed by atoms with van der Waals surface area (Å²) in [5.74, 6) is 1.04. The summed E-state index contributed by atoms with van der Waals surface area (Å²) in [6, 6.07) is 13.9. The zero-order valence-corrected chi connectivity index (χ0v) is 17.4. The Labute approximate surface area is 176 Å². The predicted molar refractivity (Wildman–Crippen MR) is 117 cm³/mol. The van der Waals surface area contributed by atoms with E-state index in [1.165, 1.54) is 0 Å². The second-order valence-corrected chi connectivity index (χ2v) is 8.16. The molecule has 0 aromatic heterocycles. The monoisotopic (exact) mass is 444 g/mol. The van der Waals surface area contributed by atoms with Crippen LogP contribution in [-0.2, 0) is 4.74 Å². The standard InChI is InChI=1S/C18H18Cl2N2O3S2/c19-13-3-1-5-15(11-13)21-17(23)26-9-7-25-8-10-27-18(24)22-16-6-2-4-14(20)12-16/h1-6,11-12H,7-10H2,(H,21,23)(H,22,24). The summed E-state index contributed by atoms with van der Waals surface area (Å²) >= 11 is 14.0. The zero-order valence-electron chi connectivity index (χ0n) is 14.2. The summed E-state index contributed by atoms with van der Waals surface area (Å²) in [6.07, 6.45) is 0. The van der Waals surface area contributed by atoms with Crippen LogP contribution in [0, 0.1) is 0 Å². The SMILES string of the molecule is O=C(Nc1cccc(Cl)c1)SCCOCCSC(=O)Nc1cccc(Cl)c1. The van der Waals surface area contributed by atoms with E-state index in [1.54, 1.807) is 48.5 Å². The maximum atomic E-state index is 11.8.